The molecule has 1 N–H and O–H groups in total. The Bertz CT molecular complexity index is 1100. The number of carbonyl (C=O) groups is 1. The largest absolute Gasteiger partial charge is 0.492 e. The zero-order valence-corrected chi connectivity index (χ0v) is 19.4. The molecule has 0 unspecified atom stereocenters. The third-order valence-electron chi connectivity index (χ3n) is 6.57. The highest BCUT2D eigenvalue weighted by molar-refractivity contribution is 5.94. The van der Waals surface area contributed by atoms with E-state index in [1.54, 1.807) is 0 Å². The molecule has 0 radical (unpaired) electrons. The number of morpholine rings is 1. The lowest BCUT2D eigenvalue weighted by atomic mass is 9.97. The molecule has 2 fully saturated rings. The van der Waals surface area contributed by atoms with Gasteiger partial charge in [-0.3, -0.25) is 14.8 Å². The van der Waals surface area contributed by atoms with Gasteiger partial charge in [0.25, 0.3) is 5.91 Å². The molecule has 0 saturated carbocycles. The van der Waals surface area contributed by atoms with E-state index in [4.69, 9.17) is 14.2 Å². The molecule has 0 aliphatic carbocycles. The van der Waals surface area contributed by atoms with Crippen molar-refractivity contribution in [2.24, 2.45) is 5.92 Å². The molecule has 1 amide bonds. The van der Waals surface area contributed by atoms with E-state index < -0.39 is 0 Å². The maximum absolute atomic E-state index is 13.4. The van der Waals surface area contributed by atoms with E-state index in [2.05, 4.69) is 21.2 Å². The summed E-state index contributed by atoms with van der Waals surface area (Å²) in [7, 11) is 0. The molecule has 2 aliphatic rings. The second-order valence-electron chi connectivity index (χ2n) is 8.97. The first-order chi connectivity index (χ1) is 16.8. The molecule has 1 atom stereocenters. The minimum absolute atomic E-state index is 0.0237. The Morgan fingerprint density at radius 1 is 1.09 bits per heavy atom. The minimum atomic E-state index is 0.0237. The summed E-state index contributed by atoms with van der Waals surface area (Å²) < 4.78 is 17.2. The topological polar surface area (TPSA) is 79.9 Å². The molecule has 0 spiro atoms. The summed E-state index contributed by atoms with van der Waals surface area (Å²) in [5.74, 6) is 0.976. The van der Waals surface area contributed by atoms with E-state index in [0.29, 0.717) is 38.5 Å². The maximum Gasteiger partial charge on any atom is 0.254 e. The standard InChI is InChI=1S/C26H32N4O4/c31-26(22-4-1-5-23(16-22)34-14-9-29-7-11-32-12-8-29)30-10-13-33-19-20(18-30)15-21-3-2-6-25-24(21)17-27-28-25/h1-6,16-17,20H,7-15,18-19H2,(H,27,28)/t20-/m1/s1. The molecular formula is C26H32N4O4. The molecule has 8 heteroatoms. The van der Waals surface area contributed by atoms with Crippen molar-refractivity contribution in [3.63, 3.8) is 0 Å². The Labute approximate surface area is 199 Å². The van der Waals surface area contributed by atoms with Gasteiger partial charge in [0.2, 0.25) is 0 Å². The highest BCUT2D eigenvalue weighted by Gasteiger charge is 2.24. The van der Waals surface area contributed by atoms with Crippen molar-refractivity contribution in [3.05, 3.63) is 59.8 Å². The molecule has 5 rings (SSSR count). The highest BCUT2D eigenvalue weighted by atomic mass is 16.5. The number of H-pyrrole nitrogens is 1. The number of rotatable bonds is 7. The van der Waals surface area contributed by atoms with Crippen LogP contribution < -0.4 is 4.74 Å². The van der Waals surface area contributed by atoms with Crippen LogP contribution in [0.15, 0.2) is 48.7 Å². The van der Waals surface area contributed by atoms with Crippen LogP contribution in [0.1, 0.15) is 15.9 Å². The van der Waals surface area contributed by atoms with Crippen molar-refractivity contribution >= 4 is 16.8 Å². The maximum atomic E-state index is 13.4. The predicted molar refractivity (Wildman–Crippen MR) is 129 cm³/mol. The number of nitrogens with zero attached hydrogens (tertiary/aromatic N) is 3. The average molecular weight is 465 g/mol. The van der Waals surface area contributed by atoms with Gasteiger partial charge in [-0.25, -0.2) is 0 Å². The van der Waals surface area contributed by atoms with Gasteiger partial charge in [-0.05, 0) is 36.2 Å². The second-order valence-corrected chi connectivity index (χ2v) is 8.97. The van der Waals surface area contributed by atoms with Crippen LogP contribution in [0.2, 0.25) is 0 Å². The van der Waals surface area contributed by atoms with Crippen LogP contribution in [0.25, 0.3) is 10.9 Å². The molecule has 0 bridgehead atoms. The normalized spacial score (nSPS) is 19.8. The Hall–Kier alpha value is -2.94. The van der Waals surface area contributed by atoms with Crippen molar-refractivity contribution in [1.82, 2.24) is 20.0 Å². The highest BCUT2D eigenvalue weighted by Crippen LogP contribution is 2.22. The Morgan fingerprint density at radius 3 is 2.85 bits per heavy atom. The fourth-order valence-corrected chi connectivity index (χ4v) is 4.73. The fraction of sp³-hybridized carbons (Fsp3) is 0.462. The fourth-order valence-electron chi connectivity index (χ4n) is 4.73. The summed E-state index contributed by atoms with van der Waals surface area (Å²) in [6.07, 6.45) is 2.71. The quantitative estimate of drug-likeness (QED) is 0.579. The molecule has 34 heavy (non-hydrogen) atoms. The number of aromatic nitrogens is 2. The van der Waals surface area contributed by atoms with Crippen LogP contribution in [0, 0.1) is 5.92 Å². The van der Waals surface area contributed by atoms with Gasteiger partial charge < -0.3 is 19.1 Å². The van der Waals surface area contributed by atoms with E-state index in [-0.39, 0.29) is 11.8 Å². The first-order valence-corrected chi connectivity index (χ1v) is 12.1. The second kappa shape index (κ2) is 11.0. The summed E-state index contributed by atoms with van der Waals surface area (Å²) in [6.45, 7) is 7.33. The summed E-state index contributed by atoms with van der Waals surface area (Å²) >= 11 is 0. The Kier molecular flexibility index (Phi) is 7.38. The van der Waals surface area contributed by atoms with Gasteiger partial charge in [0, 0.05) is 49.6 Å². The number of ether oxygens (including phenoxy) is 3. The monoisotopic (exact) mass is 464 g/mol. The van der Waals surface area contributed by atoms with Gasteiger partial charge in [0.15, 0.2) is 0 Å². The average Bonchev–Trinajstić information content (AvgIpc) is 3.24. The number of hydrogen-bond acceptors (Lipinski definition) is 6. The zero-order valence-electron chi connectivity index (χ0n) is 19.4. The van der Waals surface area contributed by atoms with Crippen molar-refractivity contribution in [1.29, 1.82) is 0 Å². The summed E-state index contributed by atoms with van der Waals surface area (Å²) in [6, 6.07) is 13.7. The summed E-state index contributed by atoms with van der Waals surface area (Å²) in [4.78, 5) is 17.6. The molecule has 2 aromatic carbocycles. The van der Waals surface area contributed by atoms with Gasteiger partial charge in [-0.15, -0.1) is 0 Å². The van der Waals surface area contributed by atoms with E-state index in [1.807, 2.05) is 47.5 Å². The van der Waals surface area contributed by atoms with Crippen LogP contribution in [-0.4, -0.2) is 91.7 Å². The van der Waals surface area contributed by atoms with Gasteiger partial charge in [-0.2, -0.15) is 5.10 Å². The zero-order chi connectivity index (χ0) is 23.2. The first kappa shape index (κ1) is 22.8. The number of hydrogen-bond donors (Lipinski definition) is 1. The van der Waals surface area contributed by atoms with Gasteiger partial charge in [-0.1, -0.05) is 18.2 Å². The minimum Gasteiger partial charge on any atom is -0.492 e. The molecule has 1 aromatic heterocycles. The molecule has 2 aliphatic heterocycles. The van der Waals surface area contributed by atoms with Crippen molar-refractivity contribution in [3.8, 4) is 5.75 Å². The van der Waals surface area contributed by atoms with Crippen LogP contribution in [0.5, 0.6) is 5.75 Å². The summed E-state index contributed by atoms with van der Waals surface area (Å²) in [5.41, 5.74) is 2.91. The van der Waals surface area contributed by atoms with Gasteiger partial charge >= 0.3 is 0 Å². The number of nitrogens with one attached hydrogen (secondary N) is 1. The number of benzene rings is 2. The van der Waals surface area contributed by atoms with Crippen LogP contribution >= 0.6 is 0 Å². The van der Waals surface area contributed by atoms with Gasteiger partial charge in [0.05, 0.1) is 38.1 Å². The van der Waals surface area contributed by atoms with Crippen molar-refractivity contribution in [2.75, 3.05) is 65.8 Å². The van der Waals surface area contributed by atoms with E-state index in [9.17, 15) is 4.79 Å². The van der Waals surface area contributed by atoms with Crippen molar-refractivity contribution < 1.29 is 19.0 Å². The lowest BCUT2D eigenvalue weighted by Gasteiger charge is -2.26. The van der Waals surface area contributed by atoms with E-state index >= 15 is 0 Å². The lowest BCUT2D eigenvalue weighted by Crippen LogP contribution is -2.38. The predicted octanol–water partition coefficient (Wildman–Crippen LogP) is 2.61. The molecule has 180 valence electrons. The van der Waals surface area contributed by atoms with E-state index in [0.717, 1.165) is 55.9 Å². The van der Waals surface area contributed by atoms with Gasteiger partial charge in [0.1, 0.15) is 12.4 Å². The van der Waals surface area contributed by atoms with Crippen LogP contribution in [-0.2, 0) is 15.9 Å². The Balaban J connectivity index is 1.21. The number of aromatic amines is 1. The smallest absolute Gasteiger partial charge is 0.254 e. The van der Waals surface area contributed by atoms with Crippen LogP contribution in [0.4, 0.5) is 0 Å². The number of amides is 1. The molecular weight excluding hydrogens is 432 g/mol. The number of carbonyl (C=O) groups excluding carboxylic acids is 1. The third-order valence-corrected chi connectivity index (χ3v) is 6.57. The lowest BCUT2D eigenvalue weighted by molar-refractivity contribution is 0.0322. The first-order valence-electron chi connectivity index (χ1n) is 12.1. The van der Waals surface area contributed by atoms with Crippen molar-refractivity contribution in [2.45, 2.75) is 6.42 Å². The van der Waals surface area contributed by atoms with E-state index in [1.165, 1.54) is 5.56 Å². The number of fused-ring (bicyclic) bond motifs is 1. The Morgan fingerprint density at radius 2 is 1.94 bits per heavy atom. The SMILES string of the molecule is O=C(c1cccc(OCCN2CCOCC2)c1)N1CCOC[C@H](Cc2cccc3[nH]ncc23)C1. The van der Waals surface area contributed by atoms with Crippen LogP contribution in [0.3, 0.4) is 0 Å². The molecule has 2 saturated heterocycles. The molecule has 3 aromatic rings. The summed E-state index contributed by atoms with van der Waals surface area (Å²) in [5, 5.41) is 8.33. The molecule has 8 nitrogen and oxygen atoms in total. The molecule has 3 heterocycles. The third kappa shape index (κ3) is 5.58.